The quantitative estimate of drug-likeness (QED) is 0.530. The molecule has 0 bridgehead atoms. The molecule has 8 heteroatoms. The SMILES string of the molecule is CCSc1ccccc1C(=O)Nc1nnc(C2CC(=O)N(c3cc(C)cc(C)c3)C2)s1. The highest BCUT2D eigenvalue weighted by Crippen LogP contribution is 2.35. The van der Waals surface area contributed by atoms with E-state index in [1.54, 1.807) is 11.8 Å². The van der Waals surface area contributed by atoms with Crippen LogP contribution in [0.2, 0.25) is 0 Å². The second-order valence-corrected chi connectivity index (χ2v) is 9.90. The molecule has 6 nitrogen and oxygen atoms in total. The molecule has 2 amide bonds. The number of amides is 2. The number of nitrogens with one attached hydrogen (secondary N) is 1. The van der Waals surface area contributed by atoms with Gasteiger partial charge in [-0.3, -0.25) is 14.9 Å². The number of carbonyl (C=O) groups is 2. The van der Waals surface area contributed by atoms with E-state index in [1.165, 1.54) is 11.3 Å². The molecule has 1 unspecified atom stereocenters. The fourth-order valence-electron chi connectivity index (χ4n) is 3.78. The van der Waals surface area contributed by atoms with Gasteiger partial charge in [-0.2, -0.15) is 0 Å². The Morgan fingerprint density at radius 2 is 1.94 bits per heavy atom. The van der Waals surface area contributed by atoms with Crippen molar-refractivity contribution in [3.63, 3.8) is 0 Å². The van der Waals surface area contributed by atoms with Gasteiger partial charge >= 0.3 is 0 Å². The zero-order valence-corrected chi connectivity index (χ0v) is 19.3. The first-order valence-electron chi connectivity index (χ1n) is 10.2. The number of rotatable bonds is 6. The van der Waals surface area contributed by atoms with Gasteiger partial charge in [-0.05, 0) is 55.0 Å². The number of aromatic nitrogens is 2. The van der Waals surface area contributed by atoms with Gasteiger partial charge in [0.1, 0.15) is 5.01 Å². The van der Waals surface area contributed by atoms with Crippen LogP contribution in [0.25, 0.3) is 0 Å². The van der Waals surface area contributed by atoms with Crippen molar-refractivity contribution in [1.82, 2.24) is 10.2 Å². The molecule has 1 saturated heterocycles. The van der Waals surface area contributed by atoms with Gasteiger partial charge in [-0.25, -0.2) is 0 Å². The lowest BCUT2D eigenvalue weighted by molar-refractivity contribution is -0.117. The number of carbonyl (C=O) groups excluding carboxylic acids is 2. The van der Waals surface area contributed by atoms with Crippen LogP contribution in [-0.4, -0.2) is 34.3 Å². The molecule has 1 aliphatic heterocycles. The highest BCUT2D eigenvalue weighted by atomic mass is 32.2. The molecule has 4 rings (SSSR count). The van der Waals surface area contributed by atoms with Crippen LogP contribution in [0, 0.1) is 13.8 Å². The summed E-state index contributed by atoms with van der Waals surface area (Å²) in [5.74, 6) is 0.749. The molecule has 1 aliphatic rings. The smallest absolute Gasteiger partial charge is 0.258 e. The molecular formula is C23H24N4O2S2. The molecule has 3 aromatic rings. The van der Waals surface area contributed by atoms with E-state index in [1.807, 2.05) is 55.1 Å². The summed E-state index contributed by atoms with van der Waals surface area (Å²) >= 11 is 2.97. The molecule has 1 N–H and O–H groups in total. The molecule has 1 fully saturated rings. The lowest BCUT2D eigenvalue weighted by Gasteiger charge is -2.17. The van der Waals surface area contributed by atoms with Gasteiger partial charge in [0.25, 0.3) is 5.91 Å². The summed E-state index contributed by atoms with van der Waals surface area (Å²) in [7, 11) is 0. The highest BCUT2D eigenvalue weighted by Gasteiger charge is 2.34. The van der Waals surface area contributed by atoms with Crippen molar-refractivity contribution < 1.29 is 9.59 Å². The minimum absolute atomic E-state index is 0.0283. The first-order valence-corrected chi connectivity index (χ1v) is 12.0. The molecule has 0 aliphatic carbocycles. The second-order valence-electron chi connectivity index (χ2n) is 7.58. The largest absolute Gasteiger partial charge is 0.312 e. The summed E-state index contributed by atoms with van der Waals surface area (Å²) in [4.78, 5) is 28.2. The number of hydrogen-bond acceptors (Lipinski definition) is 6. The third kappa shape index (κ3) is 4.80. The molecular weight excluding hydrogens is 428 g/mol. The van der Waals surface area contributed by atoms with Crippen LogP contribution in [0.1, 0.15) is 45.8 Å². The Hall–Kier alpha value is -2.71. The average molecular weight is 453 g/mol. The zero-order chi connectivity index (χ0) is 22.0. The van der Waals surface area contributed by atoms with Crippen molar-refractivity contribution in [3.8, 4) is 0 Å². The van der Waals surface area contributed by atoms with Gasteiger partial charge in [-0.1, -0.05) is 36.5 Å². The van der Waals surface area contributed by atoms with Gasteiger partial charge in [-0.15, -0.1) is 22.0 Å². The Balaban J connectivity index is 1.47. The average Bonchev–Trinajstić information content (AvgIpc) is 3.34. The first-order chi connectivity index (χ1) is 14.9. The van der Waals surface area contributed by atoms with E-state index in [4.69, 9.17) is 0 Å². The van der Waals surface area contributed by atoms with Crippen molar-refractivity contribution >= 4 is 45.7 Å². The number of nitrogens with zero attached hydrogens (tertiary/aromatic N) is 3. The molecule has 31 heavy (non-hydrogen) atoms. The molecule has 1 atom stereocenters. The summed E-state index contributed by atoms with van der Waals surface area (Å²) < 4.78 is 0. The van der Waals surface area contributed by atoms with Gasteiger partial charge in [0.2, 0.25) is 11.0 Å². The van der Waals surface area contributed by atoms with Crippen LogP contribution in [0.15, 0.2) is 47.4 Å². The molecule has 160 valence electrons. The monoisotopic (exact) mass is 452 g/mol. The van der Waals surface area contributed by atoms with Crippen LogP contribution in [0.4, 0.5) is 10.8 Å². The maximum absolute atomic E-state index is 12.7. The van der Waals surface area contributed by atoms with Crippen molar-refractivity contribution in [1.29, 1.82) is 0 Å². The van der Waals surface area contributed by atoms with Crippen LogP contribution in [0.3, 0.4) is 0 Å². The Morgan fingerprint density at radius 1 is 1.19 bits per heavy atom. The third-order valence-corrected chi connectivity index (χ3v) is 7.04. The third-order valence-electron chi connectivity index (χ3n) is 5.09. The van der Waals surface area contributed by atoms with E-state index in [2.05, 4.69) is 28.5 Å². The molecule has 0 radical (unpaired) electrons. The van der Waals surface area contributed by atoms with Gasteiger partial charge < -0.3 is 4.90 Å². The Bertz CT molecular complexity index is 1110. The van der Waals surface area contributed by atoms with Crippen molar-refractivity contribution in [2.75, 3.05) is 22.5 Å². The molecule has 0 saturated carbocycles. The van der Waals surface area contributed by atoms with Crippen LogP contribution < -0.4 is 10.2 Å². The van der Waals surface area contributed by atoms with Gasteiger partial charge in [0.05, 0.1) is 5.56 Å². The summed E-state index contributed by atoms with van der Waals surface area (Å²) in [6, 6.07) is 13.7. The van der Waals surface area contributed by atoms with Crippen LogP contribution >= 0.6 is 23.1 Å². The lowest BCUT2D eigenvalue weighted by atomic mass is 10.1. The van der Waals surface area contributed by atoms with Gasteiger partial charge in [0, 0.05) is 29.5 Å². The van der Waals surface area contributed by atoms with Crippen molar-refractivity contribution in [2.45, 2.75) is 38.0 Å². The van der Waals surface area contributed by atoms with Gasteiger partial charge in [0.15, 0.2) is 0 Å². The normalized spacial score (nSPS) is 16.0. The van der Waals surface area contributed by atoms with E-state index in [0.29, 0.717) is 23.7 Å². The summed E-state index contributed by atoms with van der Waals surface area (Å²) in [6.07, 6.45) is 0.394. The fourth-order valence-corrected chi connectivity index (χ4v) is 5.41. The minimum atomic E-state index is -0.196. The molecule has 2 aromatic carbocycles. The summed E-state index contributed by atoms with van der Waals surface area (Å²) in [6.45, 7) is 6.69. The Morgan fingerprint density at radius 3 is 2.68 bits per heavy atom. The maximum atomic E-state index is 12.7. The first kappa shape index (κ1) is 21.5. The van der Waals surface area contributed by atoms with Crippen molar-refractivity contribution in [2.24, 2.45) is 0 Å². The van der Waals surface area contributed by atoms with E-state index in [0.717, 1.165) is 32.5 Å². The molecule has 1 aromatic heterocycles. The lowest BCUT2D eigenvalue weighted by Crippen LogP contribution is -2.24. The van der Waals surface area contributed by atoms with Crippen molar-refractivity contribution in [3.05, 3.63) is 64.2 Å². The standard InChI is InChI=1S/C23H24N4O2S2/c1-4-30-19-8-6-5-7-18(19)21(29)24-23-26-25-22(31-23)16-12-20(28)27(13-16)17-10-14(2)9-15(3)11-17/h5-11,16H,4,12-13H2,1-3H3,(H,24,26,29). The number of thioether (sulfide) groups is 1. The Kier molecular flexibility index (Phi) is 6.38. The summed E-state index contributed by atoms with van der Waals surface area (Å²) in [5.41, 5.74) is 3.82. The Labute approximate surface area is 190 Å². The topological polar surface area (TPSA) is 75.2 Å². The van der Waals surface area contributed by atoms with E-state index >= 15 is 0 Å². The number of hydrogen-bond donors (Lipinski definition) is 1. The van der Waals surface area contributed by atoms with E-state index in [9.17, 15) is 9.59 Å². The van der Waals surface area contributed by atoms with Crippen LogP contribution in [-0.2, 0) is 4.79 Å². The number of aryl methyl sites for hydroxylation is 2. The molecule has 2 heterocycles. The zero-order valence-electron chi connectivity index (χ0n) is 17.7. The highest BCUT2D eigenvalue weighted by molar-refractivity contribution is 7.99. The molecule has 0 spiro atoms. The van der Waals surface area contributed by atoms with Crippen LogP contribution in [0.5, 0.6) is 0 Å². The predicted molar refractivity (Wildman–Crippen MR) is 126 cm³/mol. The van der Waals surface area contributed by atoms with E-state index < -0.39 is 0 Å². The number of anilines is 2. The predicted octanol–water partition coefficient (Wildman–Crippen LogP) is 5.04. The fraction of sp³-hybridized carbons (Fsp3) is 0.304. The second kappa shape index (κ2) is 9.20. The minimum Gasteiger partial charge on any atom is -0.312 e. The number of benzene rings is 2. The maximum Gasteiger partial charge on any atom is 0.258 e. The summed E-state index contributed by atoms with van der Waals surface area (Å²) in [5, 5.41) is 12.5. The van der Waals surface area contributed by atoms with E-state index in [-0.39, 0.29) is 17.7 Å².